The summed E-state index contributed by atoms with van der Waals surface area (Å²) in [6.07, 6.45) is 0. The standard InChI is InChI=1S/C18H19ClN4O2/c1-3-25-15-10-11(7-8-14(15)24-2)16(20)18-21-17(22-23-18)12-5-4-6-13(19)9-12/h4-10,16H,3,20H2,1-2H3,(H,21,22,23)/t16-/m0/s1. The lowest BCUT2D eigenvalue weighted by Gasteiger charge is -2.14. The molecular formula is C18H19ClN4O2. The van der Waals surface area contributed by atoms with Crippen LogP contribution in [0.15, 0.2) is 42.5 Å². The summed E-state index contributed by atoms with van der Waals surface area (Å²) in [5.74, 6) is 2.41. The van der Waals surface area contributed by atoms with Crippen LogP contribution in [0.2, 0.25) is 5.02 Å². The average molecular weight is 359 g/mol. The smallest absolute Gasteiger partial charge is 0.181 e. The third kappa shape index (κ3) is 3.75. The number of halogens is 1. The number of methoxy groups -OCH3 is 1. The number of aromatic nitrogens is 3. The molecule has 0 aliphatic carbocycles. The van der Waals surface area contributed by atoms with Crippen LogP contribution in [0.25, 0.3) is 11.4 Å². The summed E-state index contributed by atoms with van der Waals surface area (Å²) in [6.45, 7) is 2.45. The third-order valence-electron chi connectivity index (χ3n) is 3.73. The van der Waals surface area contributed by atoms with Crippen LogP contribution in [0.1, 0.15) is 24.4 Å². The van der Waals surface area contributed by atoms with Gasteiger partial charge in [-0.25, -0.2) is 4.98 Å². The van der Waals surface area contributed by atoms with Gasteiger partial charge in [0.25, 0.3) is 0 Å². The van der Waals surface area contributed by atoms with Gasteiger partial charge in [0.1, 0.15) is 5.82 Å². The highest BCUT2D eigenvalue weighted by molar-refractivity contribution is 6.30. The molecule has 0 fully saturated rings. The fourth-order valence-corrected chi connectivity index (χ4v) is 2.67. The second-order valence-electron chi connectivity index (χ2n) is 5.38. The Morgan fingerprint density at radius 3 is 2.76 bits per heavy atom. The Labute approximate surface area is 150 Å². The summed E-state index contributed by atoms with van der Waals surface area (Å²) < 4.78 is 10.9. The topological polar surface area (TPSA) is 86.0 Å². The van der Waals surface area contributed by atoms with Crippen molar-refractivity contribution in [3.8, 4) is 22.9 Å². The van der Waals surface area contributed by atoms with Crippen LogP contribution in [0.4, 0.5) is 0 Å². The molecule has 0 unspecified atom stereocenters. The first kappa shape index (κ1) is 17.3. The van der Waals surface area contributed by atoms with E-state index < -0.39 is 6.04 Å². The average Bonchev–Trinajstić information content (AvgIpc) is 3.11. The third-order valence-corrected chi connectivity index (χ3v) is 3.96. The quantitative estimate of drug-likeness (QED) is 0.703. The molecule has 0 bridgehead atoms. The van der Waals surface area contributed by atoms with Gasteiger partial charge in [0.2, 0.25) is 0 Å². The predicted octanol–water partition coefficient (Wildman–Crippen LogP) is 3.58. The normalized spacial score (nSPS) is 12.0. The van der Waals surface area contributed by atoms with Crippen molar-refractivity contribution in [3.05, 3.63) is 58.9 Å². The van der Waals surface area contributed by atoms with Gasteiger partial charge in [-0.2, -0.15) is 5.10 Å². The highest BCUT2D eigenvalue weighted by atomic mass is 35.5. The Balaban J connectivity index is 1.89. The second-order valence-corrected chi connectivity index (χ2v) is 5.81. The predicted molar refractivity (Wildman–Crippen MR) is 97.0 cm³/mol. The number of benzene rings is 2. The second kappa shape index (κ2) is 7.55. The first-order valence-electron chi connectivity index (χ1n) is 7.87. The summed E-state index contributed by atoms with van der Waals surface area (Å²) >= 11 is 6.02. The molecule has 25 heavy (non-hydrogen) atoms. The molecule has 1 aromatic heterocycles. The van der Waals surface area contributed by atoms with E-state index in [1.807, 2.05) is 37.3 Å². The largest absolute Gasteiger partial charge is 0.493 e. The minimum absolute atomic E-state index is 0.467. The van der Waals surface area contributed by atoms with E-state index in [0.717, 1.165) is 11.1 Å². The molecule has 1 atom stereocenters. The molecule has 1 heterocycles. The molecule has 0 saturated carbocycles. The molecule has 130 valence electrons. The lowest BCUT2D eigenvalue weighted by atomic mass is 10.1. The fraction of sp³-hybridized carbons (Fsp3) is 0.222. The summed E-state index contributed by atoms with van der Waals surface area (Å²) in [7, 11) is 1.60. The van der Waals surface area contributed by atoms with Gasteiger partial charge in [-0.15, -0.1) is 0 Å². The van der Waals surface area contributed by atoms with Crippen molar-refractivity contribution in [1.82, 2.24) is 15.2 Å². The highest BCUT2D eigenvalue weighted by Crippen LogP contribution is 2.31. The molecule has 0 spiro atoms. The zero-order valence-electron chi connectivity index (χ0n) is 14.0. The van der Waals surface area contributed by atoms with Crippen LogP contribution in [0.3, 0.4) is 0 Å². The Bertz CT molecular complexity index is 866. The van der Waals surface area contributed by atoms with Gasteiger partial charge in [-0.05, 0) is 36.8 Å². The Hall–Kier alpha value is -2.57. The molecule has 6 nitrogen and oxygen atoms in total. The lowest BCUT2D eigenvalue weighted by molar-refractivity contribution is 0.310. The van der Waals surface area contributed by atoms with Crippen LogP contribution < -0.4 is 15.2 Å². The molecule has 0 saturated heterocycles. The van der Waals surface area contributed by atoms with E-state index in [1.165, 1.54) is 0 Å². The Morgan fingerprint density at radius 1 is 1.20 bits per heavy atom. The maximum Gasteiger partial charge on any atom is 0.181 e. The number of rotatable bonds is 6. The molecule has 0 radical (unpaired) electrons. The van der Waals surface area contributed by atoms with Gasteiger partial charge in [0, 0.05) is 10.6 Å². The molecule has 0 aliphatic heterocycles. The summed E-state index contributed by atoms with van der Waals surface area (Å²) in [4.78, 5) is 4.49. The molecule has 2 aromatic carbocycles. The Morgan fingerprint density at radius 2 is 2.04 bits per heavy atom. The van der Waals surface area contributed by atoms with Crippen molar-refractivity contribution in [2.45, 2.75) is 13.0 Å². The summed E-state index contributed by atoms with van der Waals surface area (Å²) in [6, 6.07) is 12.5. The van der Waals surface area contributed by atoms with Crippen LogP contribution >= 0.6 is 11.6 Å². The van der Waals surface area contributed by atoms with E-state index in [9.17, 15) is 0 Å². The number of ether oxygens (including phenoxy) is 2. The van der Waals surface area contributed by atoms with Crippen LogP contribution in [-0.2, 0) is 0 Å². The number of H-pyrrole nitrogens is 1. The number of hydrogen-bond donors (Lipinski definition) is 2. The summed E-state index contributed by atoms with van der Waals surface area (Å²) in [5, 5.41) is 7.77. The van der Waals surface area contributed by atoms with Crippen molar-refractivity contribution in [3.63, 3.8) is 0 Å². The van der Waals surface area contributed by atoms with Gasteiger partial charge >= 0.3 is 0 Å². The van der Waals surface area contributed by atoms with E-state index in [-0.39, 0.29) is 0 Å². The number of nitrogens with zero attached hydrogens (tertiary/aromatic N) is 2. The van der Waals surface area contributed by atoms with E-state index in [2.05, 4.69) is 15.2 Å². The minimum Gasteiger partial charge on any atom is -0.493 e. The Kier molecular flexibility index (Phi) is 5.21. The molecular weight excluding hydrogens is 340 g/mol. The maximum absolute atomic E-state index is 6.34. The zero-order valence-corrected chi connectivity index (χ0v) is 14.7. The van der Waals surface area contributed by atoms with E-state index in [4.69, 9.17) is 26.8 Å². The molecule has 7 heteroatoms. The number of aromatic amines is 1. The van der Waals surface area contributed by atoms with Crippen LogP contribution in [0.5, 0.6) is 11.5 Å². The van der Waals surface area contributed by atoms with E-state index in [0.29, 0.717) is 34.8 Å². The number of nitrogens with one attached hydrogen (secondary N) is 1. The fourth-order valence-electron chi connectivity index (χ4n) is 2.48. The van der Waals surface area contributed by atoms with Gasteiger partial charge < -0.3 is 15.2 Å². The highest BCUT2D eigenvalue weighted by Gasteiger charge is 2.17. The van der Waals surface area contributed by atoms with Gasteiger partial charge in [0.15, 0.2) is 17.3 Å². The minimum atomic E-state index is -0.467. The molecule has 0 amide bonds. The molecule has 0 aliphatic rings. The van der Waals surface area contributed by atoms with Crippen molar-refractivity contribution < 1.29 is 9.47 Å². The van der Waals surface area contributed by atoms with E-state index >= 15 is 0 Å². The number of nitrogens with two attached hydrogens (primary N) is 1. The maximum atomic E-state index is 6.34. The zero-order chi connectivity index (χ0) is 17.8. The SMILES string of the molecule is CCOc1cc([C@H](N)c2nc(-c3cccc(Cl)c3)n[nH]2)ccc1OC. The molecule has 3 N–H and O–H groups in total. The van der Waals surface area contributed by atoms with Gasteiger partial charge in [-0.3, -0.25) is 5.10 Å². The van der Waals surface area contributed by atoms with Crippen LogP contribution in [0, 0.1) is 0 Å². The lowest BCUT2D eigenvalue weighted by Crippen LogP contribution is -2.14. The van der Waals surface area contributed by atoms with Crippen molar-refractivity contribution >= 4 is 11.6 Å². The van der Waals surface area contributed by atoms with Crippen molar-refractivity contribution in [2.24, 2.45) is 5.73 Å². The monoisotopic (exact) mass is 358 g/mol. The van der Waals surface area contributed by atoms with Crippen LogP contribution in [-0.4, -0.2) is 28.9 Å². The van der Waals surface area contributed by atoms with Gasteiger partial charge in [0.05, 0.1) is 19.8 Å². The first-order chi connectivity index (χ1) is 12.1. The number of hydrogen-bond acceptors (Lipinski definition) is 5. The first-order valence-corrected chi connectivity index (χ1v) is 8.24. The molecule has 3 rings (SSSR count). The van der Waals surface area contributed by atoms with Crippen molar-refractivity contribution in [1.29, 1.82) is 0 Å². The van der Waals surface area contributed by atoms with Gasteiger partial charge in [-0.1, -0.05) is 29.8 Å². The van der Waals surface area contributed by atoms with E-state index in [1.54, 1.807) is 19.2 Å². The summed E-state index contributed by atoms with van der Waals surface area (Å²) in [5.41, 5.74) is 8.01. The molecule has 3 aromatic rings. The van der Waals surface area contributed by atoms with Crippen molar-refractivity contribution in [2.75, 3.05) is 13.7 Å².